The molecule has 1 saturated heterocycles. The molecule has 1 aliphatic heterocycles. The van der Waals surface area contributed by atoms with Crippen LogP contribution in [0.5, 0.6) is 0 Å². The zero-order valence-corrected chi connectivity index (χ0v) is 12.5. The summed E-state index contributed by atoms with van der Waals surface area (Å²) in [5.74, 6) is 0.720. The van der Waals surface area contributed by atoms with Crippen LogP contribution < -0.4 is 10.6 Å². The van der Waals surface area contributed by atoms with E-state index in [0.29, 0.717) is 5.92 Å². The summed E-state index contributed by atoms with van der Waals surface area (Å²) < 4.78 is 0. The molecule has 4 heteroatoms. The highest BCUT2D eigenvalue weighted by Crippen LogP contribution is 2.24. The van der Waals surface area contributed by atoms with Gasteiger partial charge in [0.2, 0.25) is 5.91 Å². The molecule has 2 N–H and O–H groups in total. The van der Waals surface area contributed by atoms with E-state index >= 15 is 0 Å². The fraction of sp³-hybridized carbons (Fsp3) is 0.929. The lowest BCUT2D eigenvalue weighted by atomic mass is 9.81. The monoisotopic (exact) mass is 255 g/mol. The van der Waals surface area contributed by atoms with Gasteiger partial charge < -0.3 is 10.6 Å². The van der Waals surface area contributed by atoms with Crippen molar-refractivity contribution in [3.8, 4) is 0 Å². The molecule has 18 heavy (non-hydrogen) atoms. The largest absolute Gasteiger partial charge is 0.354 e. The molecular formula is C14H29N3O. The van der Waals surface area contributed by atoms with Crippen molar-refractivity contribution >= 4 is 5.91 Å². The van der Waals surface area contributed by atoms with Gasteiger partial charge in [0.15, 0.2) is 0 Å². The molecule has 106 valence electrons. The van der Waals surface area contributed by atoms with Crippen LogP contribution in [0, 0.1) is 11.3 Å². The van der Waals surface area contributed by atoms with Crippen LogP contribution in [0.3, 0.4) is 0 Å². The second-order valence-electron chi connectivity index (χ2n) is 6.32. The third-order valence-electron chi connectivity index (χ3n) is 4.36. The number of rotatable bonds is 5. The van der Waals surface area contributed by atoms with E-state index < -0.39 is 0 Å². The van der Waals surface area contributed by atoms with E-state index in [1.807, 2.05) is 6.92 Å². The van der Waals surface area contributed by atoms with Gasteiger partial charge in [0.25, 0.3) is 0 Å². The van der Waals surface area contributed by atoms with Crippen molar-refractivity contribution in [3.05, 3.63) is 0 Å². The van der Waals surface area contributed by atoms with Crippen molar-refractivity contribution in [2.75, 3.05) is 32.7 Å². The number of carbonyl (C=O) groups excluding carboxylic acids is 1. The first-order valence-electron chi connectivity index (χ1n) is 7.07. The van der Waals surface area contributed by atoms with Crippen molar-refractivity contribution < 1.29 is 4.79 Å². The molecule has 0 saturated carbocycles. The summed E-state index contributed by atoms with van der Waals surface area (Å²) in [4.78, 5) is 14.4. The molecular weight excluding hydrogens is 226 g/mol. The van der Waals surface area contributed by atoms with E-state index in [2.05, 4.69) is 43.2 Å². The summed E-state index contributed by atoms with van der Waals surface area (Å²) >= 11 is 0. The fourth-order valence-corrected chi connectivity index (χ4v) is 1.90. The highest BCUT2D eigenvalue weighted by atomic mass is 16.2. The first-order chi connectivity index (χ1) is 8.34. The standard InChI is InChI=1S/C14H29N3O/c1-11(2)14(4,5)10-16-13(18)12(3)17-8-6-15-7-9-17/h11-12,15H,6-10H2,1-5H3,(H,16,18). The molecule has 1 heterocycles. The van der Waals surface area contributed by atoms with Gasteiger partial charge in [-0.1, -0.05) is 27.7 Å². The van der Waals surface area contributed by atoms with Crippen molar-refractivity contribution in [1.82, 2.24) is 15.5 Å². The van der Waals surface area contributed by atoms with Crippen LogP contribution in [0.1, 0.15) is 34.6 Å². The lowest BCUT2D eigenvalue weighted by Gasteiger charge is -2.34. The van der Waals surface area contributed by atoms with Gasteiger partial charge in [-0.05, 0) is 18.3 Å². The van der Waals surface area contributed by atoms with Crippen LogP contribution in [0.25, 0.3) is 0 Å². The SMILES string of the molecule is CC(C(=O)NCC(C)(C)C(C)C)N1CCNCC1. The molecule has 1 amide bonds. The molecule has 0 aliphatic carbocycles. The number of amides is 1. The summed E-state index contributed by atoms with van der Waals surface area (Å²) in [7, 11) is 0. The second kappa shape index (κ2) is 6.53. The molecule has 1 rings (SSSR count). The molecule has 1 fully saturated rings. The molecule has 0 aromatic rings. The first kappa shape index (κ1) is 15.4. The van der Waals surface area contributed by atoms with Crippen LogP contribution in [-0.2, 0) is 4.79 Å². The van der Waals surface area contributed by atoms with E-state index in [0.717, 1.165) is 32.7 Å². The van der Waals surface area contributed by atoms with Gasteiger partial charge in [-0.25, -0.2) is 0 Å². The molecule has 0 radical (unpaired) electrons. The van der Waals surface area contributed by atoms with E-state index in [1.54, 1.807) is 0 Å². The van der Waals surface area contributed by atoms with Crippen molar-refractivity contribution in [2.45, 2.75) is 40.7 Å². The lowest BCUT2D eigenvalue weighted by Crippen LogP contribution is -2.53. The van der Waals surface area contributed by atoms with E-state index in [4.69, 9.17) is 0 Å². The maximum absolute atomic E-state index is 12.1. The predicted octanol–water partition coefficient (Wildman–Crippen LogP) is 1.08. The first-order valence-corrected chi connectivity index (χ1v) is 7.07. The number of piperazine rings is 1. The van der Waals surface area contributed by atoms with Crippen LogP contribution in [0.4, 0.5) is 0 Å². The topological polar surface area (TPSA) is 44.4 Å². The average Bonchev–Trinajstić information content (AvgIpc) is 2.36. The highest BCUT2D eigenvalue weighted by molar-refractivity contribution is 5.81. The van der Waals surface area contributed by atoms with E-state index in [1.165, 1.54) is 0 Å². The number of hydrogen-bond acceptors (Lipinski definition) is 3. The molecule has 0 aromatic heterocycles. The molecule has 1 atom stereocenters. The Balaban J connectivity index is 2.40. The minimum atomic E-state index is -0.0185. The Labute approximate surface area is 111 Å². The van der Waals surface area contributed by atoms with Gasteiger partial charge >= 0.3 is 0 Å². The van der Waals surface area contributed by atoms with E-state index in [-0.39, 0.29) is 17.4 Å². The minimum Gasteiger partial charge on any atom is -0.354 e. The molecule has 1 unspecified atom stereocenters. The number of nitrogens with one attached hydrogen (secondary N) is 2. The van der Waals surface area contributed by atoms with Crippen LogP contribution >= 0.6 is 0 Å². The Bertz CT molecular complexity index is 270. The molecule has 4 nitrogen and oxygen atoms in total. The summed E-state index contributed by atoms with van der Waals surface area (Å²) in [5.41, 5.74) is 0.152. The van der Waals surface area contributed by atoms with Gasteiger partial charge in [0.1, 0.15) is 0 Å². The van der Waals surface area contributed by atoms with Crippen molar-refractivity contribution in [1.29, 1.82) is 0 Å². The molecule has 1 aliphatic rings. The molecule has 0 bridgehead atoms. The normalized spacial score (nSPS) is 19.9. The molecule has 0 spiro atoms. The lowest BCUT2D eigenvalue weighted by molar-refractivity contribution is -0.126. The maximum Gasteiger partial charge on any atom is 0.237 e. The maximum atomic E-state index is 12.1. The van der Waals surface area contributed by atoms with Crippen LogP contribution in [-0.4, -0.2) is 49.6 Å². The second-order valence-corrected chi connectivity index (χ2v) is 6.32. The average molecular weight is 255 g/mol. The minimum absolute atomic E-state index is 0.0185. The van der Waals surface area contributed by atoms with Gasteiger partial charge in [0.05, 0.1) is 6.04 Å². The van der Waals surface area contributed by atoms with Crippen molar-refractivity contribution in [2.24, 2.45) is 11.3 Å². The number of carbonyl (C=O) groups is 1. The Hall–Kier alpha value is -0.610. The third kappa shape index (κ3) is 4.25. The summed E-state index contributed by atoms with van der Waals surface area (Å²) in [6.45, 7) is 15.4. The molecule has 0 aromatic carbocycles. The summed E-state index contributed by atoms with van der Waals surface area (Å²) in [5, 5.41) is 6.41. The van der Waals surface area contributed by atoms with Gasteiger partial charge in [-0.15, -0.1) is 0 Å². The Morgan fingerprint density at radius 1 is 1.28 bits per heavy atom. The van der Waals surface area contributed by atoms with Crippen molar-refractivity contribution in [3.63, 3.8) is 0 Å². The Kier molecular flexibility index (Phi) is 5.60. The van der Waals surface area contributed by atoms with Crippen LogP contribution in [0.15, 0.2) is 0 Å². The van der Waals surface area contributed by atoms with Gasteiger partial charge in [0, 0.05) is 32.7 Å². The summed E-state index contributed by atoms with van der Waals surface area (Å²) in [6, 6.07) is -0.0185. The summed E-state index contributed by atoms with van der Waals surface area (Å²) in [6.07, 6.45) is 0. The predicted molar refractivity (Wildman–Crippen MR) is 75.5 cm³/mol. The Morgan fingerprint density at radius 2 is 1.83 bits per heavy atom. The zero-order chi connectivity index (χ0) is 13.8. The Morgan fingerprint density at radius 3 is 2.33 bits per heavy atom. The zero-order valence-electron chi connectivity index (χ0n) is 12.5. The van der Waals surface area contributed by atoms with Gasteiger partial charge in [-0.2, -0.15) is 0 Å². The van der Waals surface area contributed by atoms with Crippen LogP contribution in [0.2, 0.25) is 0 Å². The number of hydrogen-bond donors (Lipinski definition) is 2. The smallest absolute Gasteiger partial charge is 0.237 e. The highest BCUT2D eigenvalue weighted by Gasteiger charge is 2.26. The quantitative estimate of drug-likeness (QED) is 0.772. The van der Waals surface area contributed by atoms with Gasteiger partial charge in [-0.3, -0.25) is 9.69 Å². The third-order valence-corrected chi connectivity index (χ3v) is 4.36. The number of nitrogens with zero attached hydrogens (tertiary/aromatic N) is 1. The fourth-order valence-electron chi connectivity index (χ4n) is 1.90. The van der Waals surface area contributed by atoms with E-state index in [9.17, 15) is 4.79 Å².